The van der Waals surface area contributed by atoms with Gasteiger partial charge in [0.2, 0.25) is 0 Å². The van der Waals surface area contributed by atoms with Gasteiger partial charge in [-0.3, -0.25) is 0 Å². The number of nitrogens with one attached hydrogen (secondary N) is 1. The first kappa shape index (κ1) is 15.7. The molecule has 5 nitrogen and oxygen atoms in total. The number of anilines is 3. The van der Waals surface area contributed by atoms with Gasteiger partial charge in [0.15, 0.2) is 0 Å². The number of hydrogen-bond donors (Lipinski definition) is 1. The molecule has 3 rings (SSSR count). The molecule has 122 valence electrons. The van der Waals surface area contributed by atoms with Gasteiger partial charge in [-0.2, -0.15) is 0 Å². The van der Waals surface area contributed by atoms with Crippen molar-refractivity contribution in [2.45, 2.75) is 20.8 Å². The van der Waals surface area contributed by atoms with Gasteiger partial charge in [-0.15, -0.1) is 0 Å². The van der Waals surface area contributed by atoms with Crippen molar-refractivity contribution in [3.05, 3.63) is 41.7 Å². The molecule has 0 aliphatic carbocycles. The quantitative estimate of drug-likeness (QED) is 0.940. The smallest absolute Gasteiger partial charge is 0.135 e. The van der Waals surface area contributed by atoms with Crippen LogP contribution in [0.25, 0.3) is 0 Å². The number of para-hydroxylation sites is 1. The fourth-order valence-corrected chi connectivity index (χ4v) is 3.02. The summed E-state index contributed by atoms with van der Waals surface area (Å²) in [6, 6.07) is 8.35. The minimum absolute atomic E-state index is 0.852. The lowest BCUT2D eigenvalue weighted by Gasteiger charge is -2.34. The number of aryl methyl sites for hydroxylation is 2. The van der Waals surface area contributed by atoms with E-state index in [0.29, 0.717) is 0 Å². The summed E-state index contributed by atoms with van der Waals surface area (Å²) in [5, 5.41) is 3.45. The van der Waals surface area contributed by atoms with Gasteiger partial charge in [-0.25, -0.2) is 9.97 Å². The van der Waals surface area contributed by atoms with E-state index in [1.54, 1.807) is 6.33 Å². The number of nitrogens with zero attached hydrogens (tertiary/aromatic N) is 4. The molecule has 0 radical (unpaired) electrons. The Morgan fingerprint density at radius 2 is 1.74 bits per heavy atom. The van der Waals surface area contributed by atoms with Crippen molar-refractivity contribution in [1.82, 2.24) is 14.9 Å². The summed E-state index contributed by atoms with van der Waals surface area (Å²) < 4.78 is 0. The lowest BCUT2D eigenvalue weighted by Crippen LogP contribution is -2.46. The Hall–Kier alpha value is -2.14. The topological polar surface area (TPSA) is 44.3 Å². The van der Waals surface area contributed by atoms with Crippen LogP contribution in [-0.2, 0) is 0 Å². The molecule has 23 heavy (non-hydrogen) atoms. The highest BCUT2D eigenvalue weighted by Crippen LogP contribution is 2.24. The Balaban J connectivity index is 1.75. The first-order valence-electron chi connectivity index (χ1n) is 8.30. The van der Waals surface area contributed by atoms with E-state index in [9.17, 15) is 0 Å². The third-order valence-corrected chi connectivity index (χ3v) is 4.53. The summed E-state index contributed by atoms with van der Waals surface area (Å²) in [5.74, 6) is 1.86. The number of likely N-dealkylation sites (N-methyl/N-ethyl adjacent to an activating group) is 1. The van der Waals surface area contributed by atoms with Gasteiger partial charge in [-0.05, 0) is 31.5 Å². The maximum absolute atomic E-state index is 4.46. The van der Waals surface area contributed by atoms with E-state index in [2.05, 4.69) is 64.1 Å². The Morgan fingerprint density at radius 3 is 2.39 bits per heavy atom. The molecule has 2 aromatic rings. The maximum Gasteiger partial charge on any atom is 0.135 e. The van der Waals surface area contributed by atoms with Crippen molar-refractivity contribution in [2.24, 2.45) is 0 Å². The predicted molar refractivity (Wildman–Crippen MR) is 95.6 cm³/mol. The minimum Gasteiger partial charge on any atom is -0.354 e. The van der Waals surface area contributed by atoms with Gasteiger partial charge in [0.25, 0.3) is 0 Å². The molecule has 0 unspecified atom stereocenters. The minimum atomic E-state index is 0.852. The van der Waals surface area contributed by atoms with Gasteiger partial charge in [-0.1, -0.05) is 25.1 Å². The molecular weight excluding hydrogens is 286 g/mol. The molecule has 1 aromatic carbocycles. The van der Waals surface area contributed by atoms with E-state index in [0.717, 1.165) is 50.0 Å². The molecule has 1 N–H and O–H groups in total. The van der Waals surface area contributed by atoms with E-state index < -0.39 is 0 Å². The van der Waals surface area contributed by atoms with E-state index >= 15 is 0 Å². The number of benzene rings is 1. The molecule has 5 heteroatoms. The van der Waals surface area contributed by atoms with Gasteiger partial charge >= 0.3 is 0 Å². The van der Waals surface area contributed by atoms with Gasteiger partial charge in [0, 0.05) is 37.9 Å². The van der Waals surface area contributed by atoms with E-state index in [1.165, 1.54) is 11.1 Å². The predicted octanol–water partition coefficient (Wildman–Crippen LogP) is 2.98. The fourth-order valence-electron chi connectivity index (χ4n) is 3.02. The zero-order valence-corrected chi connectivity index (χ0v) is 14.2. The summed E-state index contributed by atoms with van der Waals surface area (Å²) in [4.78, 5) is 13.6. The van der Waals surface area contributed by atoms with Crippen LogP contribution in [-0.4, -0.2) is 47.6 Å². The third kappa shape index (κ3) is 3.62. The van der Waals surface area contributed by atoms with E-state index in [4.69, 9.17) is 0 Å². The van der Waals surface area contributed by atoms with Crippen LogP contribution >= 0.6 is 0 Å². The highest BCUT2D eigenvalue weighted by Gasteiger charge is 2.17. The molecule has 1 aromatic heterocycles. The number of piperazine rings is 1. The molecule has 1 aliphatic rings. The fraction of sp³-hybridized carbons (Fsp3) is 0.444. The summed E-state index contributed by atoms with van der Waals surface area (Å²) in [6.45, 7) is 11.8. The normalized spacial score (nSPS) is 15.7. The second kappa shape index (κ2) is 6.96. The van der Waals surface area contributed by atoms with Crippen molar-refractivity contribution in [1.29, 1.82) is 0 Å². The molecule has 1 saturated heterocycles. The number of aromatic nitrogens is 2. The van der Waals surface area contributed by atoms with Crippen molar-refractivity contribution in [3.63, 3.8) is 0 Å². The standard InChI is InChI=1S/C18H25N5/c1-4-22-8-10-23(11-9-22)17-12-16(19-13-20-17)21-18-14(2)6-5-7-15(18)3/h5-7,12-13H,4,8-11H2,1-3H3,(H,19,20,21). The van der Waals surface area contributed by atoms with Crippen LogP contribution in [0.5, 0.6) is 0 Å². The average molecular weight is 311 g/mol. The van der Waals surface area contributed by atoms with Crippen molar-refractivity contribution in [2.75, 3.05) is 42.9 Å². The van der Waals surface area contributed by atoms with Crippen LogP contribution in [0.15, 0.2) is 30.6 Å². The van der Waals surface area contributed by atoms with Gasteiger partial charge in [0.1, 0.15) is 18.0 Å². The summed E-state index contributed by atoms with van der Waals surface area (Å²) in [7, 11) is 0. The number of rotatable bonds is 4. The lowest BCUT2D eigenvalue weighted by atomic mass is 10.1. The monoisotopic (exact) mass is 311 g/mol. The van der Waals surface area contributed by atoms with Crippen molar-refractivity contribution >= 4 is 17.3 Å². The van der Waals surface area contributed by atoms with Crippen LogP contribution in [0.4, 0.5) is 17.3 Å². The van der Waals surface area contributed by atoms with E-state index in [1.807, 2.05) is 6.07 Å². The number of hydrogen-bond acceptors (Lipinski definition) is 5. The molecule has 0 atom stereocenters. The first-order valence-corrected chi connectivity index (χ1v) is 8.30. The highest BCUT2D eigenvalue weighted by molar-refractivity contribution is 5.65. The Bertz CT molecular complexity index is 642. The van der Waals surface area contributed by atoms with Gasteiger partial charge < -0.3 is 15.1 Å². The summed E-state index contributed by atoms with van der Waals surface area (Å²) >= 11 is 0. The SMILES string of the molecule is CCN1CCN(c2cc(Nc3c(C)cccc3C)ncn2)CC1. The van der Waals surface area contributed by atoms with Crippen LogP contribution < -0.4 is 10.2 Å². The summed E-state index contributed by atoms with van der Waals surface area (Å²) in [5.41, 5.74) is 3.58. The zero-order chi connectivity index (χ0) is 16.2. The lowest BCUT2D eigenvalue weighted by molar-refractivity contribution is 0.270. The largest absolute Gasteiger partial charge is 0.354 e. The van der Waals surface area contributed by atoms with Crippen LogP contribution in [0.2, 0.25) is 0 Å². The van der Waals surface area contributed by atoms with Crippen LogP contribution in [0.3, 0.4) is 0 Å². The Morgan fingerprint density at radius 1 is 1.04 bits per heavy atom. The first-order chi connectivity index (χ1) is 11.2. The molecule has 2 heterocycles. The molecule has 0 amide bonds. The Kier molecular flexibility index (Phi) is 4.76. The van der Waals surface area contributed by atoms with Crippen LogP contribution in [0, 0.1) is 13.8 Å². The van der Waals surface area contributed by atoms with Crippen molar-refractivity contribution in [3.8, 4) is 0 Å². The zero-order valence-electron chi connectivity index (χ0n) is 14.2. The average Bonchev–Trinajstić information content (AvgIpc) is 2.59. The molecular formula is C18H25N5. The maximum atomic E-state index is 4.46. The highest BCUT2D eigenvalue weighted by atomic mass is 15.3. The van der Waals surface area contributed by atoms with Gasteiger partial charge in [0.05, 0.1) is 0 Å². The second-order valence-corrected chi connectivity index (χ2v) is 6.07. The molecule has 0 spiro atoms. The summed E-state index contributed by atoms with van der Waals surface area (Å²) in [6.07, 6.45) is 1.65. The molecule has 0 saturated carbocycles. The molecule has 1 fully saturated rings. The van der Waals surface area contributed by atoms with E-state index in [-0.39, 0.29) is 0 Å². The second-order valence-electron chi connectivity index (χ2n) is 6.07. The Labute approximate surface area is 138 Å². The molecule has 0 bridgehead atoms. The molecule has 1 aliphatic heterocycles. The van der Waals surface area contributed by atoms with Crippen molar-refractivity contribution < 1.29 is 0 Å². The third-order valence-electron chi connectivity index (χ3n) is 4.53. The van der Waals surface area contributed by atoms with Crippen LogP contribution in [0.1, 0.15) is 18.1 Å².